The third kappa shape index (κ3) is 2.36. The summed E-state index contributed by atoms with van der Waals surface area (Å²) in [5, 5.41) is 1.65. The standard InChI is InChI=1S/C17H14F2N4/c18-17(19,9-23-7-6-21-10-23)8-11-4-5-14-15-12(11)2-1-3-13(15)16(20)22-14/h1-7,10H,8-9H2,(H2,20,22). The molecule has 0 amide bonds. The molecule has 0 bridgehead atoms. The minimum absolute atomic E-state index is 0.342. The van der Waals surface area contributed by atoms with Gasteiger partial charge in [-0.05, 0) is 17.0 Å². The fourth-order valence-electron chi connectivity index (χ4n) is 3.08. The summed E-state index contributed by atoms with van der Waals surface area (Å²) in [6.45, 7) is -0.394. The first-order chi connectivity index (χ1) is 11.0. The quantitative estimate of drug-likeness (QED) is 0.804. The molecular weight excluding hydrogens is 298 g/mol. The number of aliphatic imine (C=N–C) groups is 1. The first-order valence-electron chi connectivity index (χ1n) is 7.26. The average molecular weight is 312 g/mol. The summed E-state index contributed by atoms with van der Waals surface area (Å²) in [5.41, 5.74) is 8.06. The lowest BCUT2D eigenvalue weighted by molar-refractivity contribution is -0.0154. The van der Waals surface area contributed by atoms with Crippen molar-refractivity contribution in [2.75, 3.05) is 0 Å². The molecule has 1 aliphatic heterocycles. The van der Waals surface area contributed by atoms with E-state index in [1.165, 1.54) is 23.3 Å². The number of alkyl halides is 2. The van der Waals surface area contributed by atoms with Crippen LogP contribution in [0.3, 0.4) is 0 Å². The van der Waals surface area contributed by atoms with Crippen LogP contribution < -0.4 is 5.73 Å². The summed E-state index contributed by atoms with van der Waals surface area (Å²) in [5.74, 6) is -2.43. The van der Waals surface area contributed by atoms with Gasteiger partial charge in [0.1, 0.15) is 5.84 Å². The number of aromatic nitrogens is 2. The number of nitrogens with zero attached hydrogens (tertiary/aromatic N) is 3. The van der Waals surface area contributed by atoms with Gasteiger partial charge in [0.25, 0.3) is 5.92 Å². The Hall–Kier alpha value is -2.76. The predicted octanol–water partition coefficient (Wildman–Crippen LogP) is 3.26. The van der Waals surface area contributed by atoms with Crippen molar-refractivity contribution < 1.29 is 8.78 Å². The molecule has 2 N–H and O–H groups in total. The van der Waals surface area contributed by atoms with E-state index >= 15 is 0 Å². The number of hydrogen-bond acceptors (Lipinski definition) is 3. The third-order valence-electron chi connectivity index (χ3n) is 4.05. The highest BCUT2D eigenvalue weighted by molar-refractivity contribution is 6.18. The van der Waals surface area contributed by atoms with Gasteiger partial charge in [-0.3, -0.25) is 0 Å². The zero-order valence-corrected chi connectivity index (χ0v) is 12.2. The highest BCUT2D eigenvalue weighted by atomic mass is 19.3. The molecule has 0 fully saturated rings. The van der Waals surface area contributed by atoms with Crippen LogP contribution in [-0.2, 0) is 13.0 Å². The van der Waals surface area contributed by atoms with E-state index in [4.69, 9.17) is 5.73 Å². The third-order valence-corrected chi connectivity index (χ3v) is 4.05. The summed E-state index contributed by atoms with van der Waals surface area (Å²) in [6.07, 6.45) is 4.09. The summed E-state index contributed by atoms with van der Waals surface area (Å²) in [7, 11) is 0. The minimum atomic E-state index is -2.87. The van der Waals surface area contributed by atoms with E-state index in [1.54, 1.807) is 12.1 Å². The van der Waals surface area contributed by atoms with Crippen LogP contribution in [0, 0.1) is 0 Å². The van der Waals surface area contributed by atoms with Gasteiger partial charge in [-0.1, -0.05) is 24.3 Å². The Bertz CT molecular complexity index is 914. The van der Waals surface area contributed by atoms with Gasteiger partial charge < -0.3 is 10.3 Å². The molecule has 23 heavy (non-hydrogen) atoms. The van der Waals surface area contributed by atoms with Crippen molar-refractivity contribution in [1.82, 2.24) is 9.55 Å². The van der Waals surface area contributed by atoms with Crippen LogP contribution in [0.2, 0.25) is 0 Å². The van der Waals surface area contributed by atoms with Gasteiger partial charge in [-0.2, -0.15) is 0 Å². The highest BCUT2D eigenvalue weighted by Crippen LogP contribution is 2.38. The minimum Gasteiger partial charge on any atom is -0.383 e. The Labute approximate surface area is 131 Å². The maximum Gasteiger partial charge on any atom is 0.269 e. The Balaban J connectivity index is 1.72. The van der Waals surface area contributed by atoms with E-state index in [2.05, 4.69) is 9.98 Å². The van der Waals surface area contributed by atoms with Gasteiger partial charge >= 0.3 is 0 Å². The second-order valence-electron chi connectivity index (χ2n) is 5.74. The smallest absolute Gasteiger partial charge is 0.269 e. The monoisotopic (exact) mass is 312 g/mol. The molecule has 0 atom stereocenters. The number of hydrogen-bond donors (Lipinski definition) is 1. The van der Waals surface area contributed by atoms with Gasteiger partial charge in [0.2, 0.25) is 0 Å². The van der Waals surface area contributed by atoms with Gasteiger partial charge in [0.15, 0.2) is 0 Å². The van der Waals surface area contributed by atoms with Crippen molar-refractivity contribution in [3.05, 3.63) is 60.2 Å². The van der Waals surface area contributed by atoms with Crippen LogP contribution in [-0.4, -0.2) is 21.3 Å². The molecule has 0 aliphatic carbocycles. The number of amidine groups is 1. The maximum atomic E-state index is 14.4. The molecule has 1 aliphatic rings. The van der Waals surface area contributed by atoms with Crippen LogP contribution in [0.5, 0.6) is 0 Å². The molecule has 1 aromatic heterocycles. The fourth-order valence-corrected chi connectivity index (χ4v) is 3.08. The average Bonchev–Trinajstić information content (AvgIpc) is 3.11. The molecule has 0 unspecified atom stereocenters. The highest BCUT2D eigenvalue weighted by Gasteiger charge is 2.31. The number of nitrogens with two attached hydrogens (primary N) is 1. The van der Waals surface area contributed by atoms with E-state index in [0.29, 0.717) is 11.4 Å². The molecular formula is C17H14F2N4. The molecule has 0 spiro atoms. The topological polar surface area (TPSA) is 56.2 Å². The zero-order valence-electron chi connectivity index (χ0n) is 12.2. The predicted molar refractivity (Wildman–Crippen MR) is 85.2 cm³/mol. The number of rotatable bonds is 4. The van der Waals surface area contributed by atoms with E-state index in [-0.39, 0.29) is 6.42 Å². The number of benzene rings is 2. The largest absolute Gasteiger partial charge is 0.383 e. The van der Waals surface area contributed by atoms with Crippen LogP contribution >= 0.6 is 0 Å². The molecule has 4 rings (SSSR count). The van der Waals surface area contributed by atoms with Gasteiger partial charge in [0.05, 0.1) is 18.6 Å². The van der Waals surface area contributed by atoms with Crippen LogP contribution in [0.25, 0.3) is 10.8 Å². The van der Waals surface area contributed by atoms with E-state index in [9.17, 15) is 8.78 Å². The van der Waals surface area contributed by atoms with Crippen molar-refractivity contribution in [1.29, 1.82) is 0 Å². The first-order valence-corrected chi connectivity index (χ1v) is 7.26. The van der Waals surface area contributed by atoms with Crippen molar-refractivity contribution >= 4 is 22.3 Å². The van der Waals surface area contributed by atoms with E-state index in [1.807, 2.05) is 18.2 Å². The Kier molecular flexibility index (Phi) is 2.94. The Morgan fingerprint density at radius 2 is 2.04 bits per heavy atom. The van der Waals surface area contributed by atoms with Crippen LogP contribution in [0.15, 0.2) is 54.0 Å². The second-order valence-corrected chi connectivity index (χ2v) is 5.74. The number of halogens is 2. The van der Waals surface area contributed by atoms with Crippen molar-refractivity contribution in [2.24, 2.45) is 10.7 Å². The molecule has 116 valence electrons. The zero-order chi connectivity index (χ0) is 16.0. The summed E-state index contributed by atoms with van der Waals surface area (Å²) in [4.78, 5) is 8.09. The van der Waals surface area contributed by atoms with Gasteiger partial charge in [-0.15, -0.1) is 0 Å². The van der Waals surface area contributed by atoms with Gasteiger partial charge in [-0.25, -0.2) is 18.8 Å². The Morgan fingerprint density at radius 3 is 2.83 bits per heavy atom. The summed E-state index contributed by atoms with van der Waals surface area (Å²) < 4.78 is 30.2. The molecule has 2 aromatic carbocycles. The molecule has 0 saturated heterocycles. The maximum absolute atomic E-state index is 14.4. The van der Waals surface area contributed by atoms with Gasteiger partial charge in [0, 0.05) is 29.8 Å². The van der Waals surface area contributed by atoms with E-state index < -0.39 is 12.5 Å². The first kappa shape index (κ1) is 13.9. The normalized spacial score (nSPS) is 13.6. The lowest BCUT2D eigenvalue weighted by Crippen LogP contribution is -2.26. The number of imidazole rings is 1. The lowest BCUT2D eigenvalue weighted by Gasteiger charge is -2.18. The SMILES string of the molecule is NC1=Nc2ccc(CC(F)(F)Cn3ccnc3)c3cccc1c23. The summed E-state index contributed by atoms with van der Waals surface area (Å²) >= 11 is 0. The van der Waals surface area contributed by atoms with Crippen molar-refractivity contribution in [3.63, 3.8) is 0 Å². The Morgan fingerprint density at radius 1 is 1.17 bits per heavy atom. The van der Waals surface area contributed by atoms with Crippen molar-refractivity contribution in [3.8, 4) is 0 Å². The molecule has 6 heteroatoms. The second kappa shape index (κ2) is 4.87. The summed E-state index contributed by atoms with van der Waals surface area (Å²) in [6, 6.07) is 9.01. The molecule has 0 saturated carbocycles. The molecule has 3 aromatic rings. The fraction of sp³-hybridized carbons (Fsp3) is 0.176. The molecule has 2 heterocycles. The molecule has 4 nitrogen and oxygen atoms in total. The van der Waals surface area contributed by atoms with Crippen LogP contribution in [0.1, 0.15) is 11.1 Å². The van der Waals surface area contributed by atoms with Crippen LogP contribution in [0.4, 0.5) is 14.5 Å². The van der Waals surface area contributed by atoms with E-state index in [0.717, 1.165) is 22.0 Å². The lowest BCUT2D eigenvalue weighted by atomic mass is 9.96. The van der Waals surface area contributed by atoms with Crippen molar-refractivity contribution in [2.45, 2.75) is 18.9 Å². The molecule has 0 radical (unpaired) electrons.